The largest absolute Gasteiger partial charge is 0.483 e. The summed E-state index contributed by atoms with van der Waals surface area (Å²) in [4.78, 5) is 48.2. The van der Waals surface area contributed by atoms with Crippen LogP contribution in [0.25, 0.3) is 21.5 Å². The molecule has 4 N–H and O–H groups in total. The number of carbonyl (C=O) groups excluding carboxylic acids is 4. The Morgan fingerprint density at radius 1 is 0.524 bits per heavy atom. The zero-order chi connectivity index (χ0) is 29.9. The van der Waals surface area contributed by atoms with Crippen molar-refractivity contribution >= 4 is 77.0 Å². The minimum Gasteiger partial charge on any atom is -0.483 e. The van der Waals surface area contributed by atoms with E-state index in [1.165, 1.54) is 0 Å². The Balaban J connectivity index is 1.05. The molecule has 0 radical (unpaired) electrons. The molecule has 4 aromatic carbocycles. The van der Waals surface area contributed by atoms with Crippen LogP contribution in [0.3, 0.4) is 0 Å². The van der Waals surface area contributed by atoms with Gasteiger partial charge in [-0.1, -0.05) is 60.7 Å². The Hall–Kier alpha value is -4.16. The Bertz CT molecular complexity index is 1490. The fourth-order valence-corrected chi connectivity index (χ4v) is 5.20. The van der Waals surface area contributed by atoms with Crippen molar-refractivity contribution in [3.63, 3.8) is 0 Å². The quantitative estimate of drug-likeness (QED) is 0.131. The SMILES string of the molecule is O=C(CCCCC(=O)NNC(=O)COc1ccc2ccccc2c1Br)NNC(=O)COc1ccc2ccccc2c1Br. The second-order valence-electron chi connectivity index (χ2n) is 9.17. The maximum atomic E-state index is 12.1. The molecule has 0 spiro atoms. The number of nitrogens with one attached hydrogen (secondary N) is 4. The summed E-state index contributed by atoms with van der Waals surface area (Å²) in [5.74, 6) is -0.821. The molecule has 4 amide bonds. The van der Waals surface area contributed by atoms with Crippen LogP contribution in [-0.4, -0.2) is 36.8 Å². The molecular weight excluding hydrogens is 672 g/mol. The lowest BCUT2D eigenvalue weighted by molar-refractivity contribution is -0.130. The van der Waals surface area contributed by atoms with Crippen molar-refractivity contribution in [3.8, 4) is 11.5 Å². The summed E-state index contributed by atoms with van der Waals surface area (Å²) in [6, 6.07) is 22.8. The van der Waals surface area contributed by atoms with E-state index in [0.717, 1.165) is 30.5 Å². The summed E-state index contributed by atoms with van der Waals surface area (Å²) in [6.45, 7) is -0.568. The molecule has 0 atom stereocenters. The third kappa shape index (κ3) is 8.67. The number of amides is 4. The van der Waals surface area contributed by atoms with Crippen LogP contribution in [0.5, 0.6) is 11.5 Å². The molecule has 0 aliphatic rings. The number of hydrogen-bond donors (Lipinski definition) is 4. The first-order valence-electron chi connectivity index (χ1n) is 13.1. The van der Waals surface area contributed by atoms with E-state index < -0.39 is 23.6 Å². The topological polar surface area (TPSA) is 135 Å². The van der Waals surface area contributed by atoms with Crippen molar-refractivity contribution in [2.45, 2.75) is 25.7 Å². The zero-order valence-electron chi connectivity index (χ0n) is 22.4. The average Bonchev–Trinajstić information content (AvgIpc) is 3.00. The van der Waals surface area contributed by atoms with Crippen molar-refractivity contribution in [3.05, 3.63) is 81.7 Å². The van der Waals surface area contributed by atoms with Crippen LogP contribution in [0.15, 0.2) is 81.7 Å². The molecule has 0 heterocycles. The van der Waals surface area contributed by atoms with Crippen LogP contribution >= 0.6 is 31.9 Å². The van der Waals surface area contributed by atoms with E-state index in [1.807, 2.05) is 60.7 Å². The predicted molar refractivity (Wildman–Crippen MR) is 165 cm³/mol. The fourth-order valence-electron chi connectivity index (χ4n) is 3.98. The minimum absolute atomic E-state index is 0.103. The van der Waals surface area contributed by atoms with Crippen molar-refractivity contribution in [1.29, 1.82) is 0 Å². The van der Waals surface area contributed by atoms with Gasteiger partial charge in [0.2, 0.25) is 11.8 Å². The van der Waals surface area contributed by atoms with Crippen LogP contribution in [0.2, 0.25) is 0 Å². The smallest absolute Gasteiger partial charge is 0.276 e. The third-order valence-corrected chi connectivity index (χ3v) is 7.75. The molecule has 0 fully saturated rings. The summed E-state index contributed by atoms with van der Waals surface area (Å²) in [5.41, 5.74) is 9.27. The number of rotatable bonds is 11. The van der Waals surface area contributed by atoms with Gasteiger partial charge in [0.15, 0.2) is 13.2 Å². The Morgan fingerprint density at radius 3 is 1.33 bits per heavy atom. The minimum atomic E-state index is -0.518. The van der Waals surface area contributed by atoms with Gasteiger partial charge in [0.25, 0.3) is 11.8 Å². The molecule has 12 heteroatoms. The summed E-state index contributed by atoms with van der Waals surface area (Å²) >= 11 is 7.00. The molecule has 0 saturated carbocycles. The van der Waals surface area contributed by atoms with Crippen LogP contribution in [0.4, 0.5) is 0 Å². The number of ether oxygens (including phenoxy) is 2. The number of benzene rings is 4. The number of unbranched alkanes of at least 4 members (excludes halogenated alkanes) is 1. The van der Waals surface area contributed by atoms with Gasteiger partial charge < -0.3 is 9.47 Å². The van der Waals surface area contributed by atoms with Gasteiger partial charge in [0.1, 0.15) is 11.5 Å². The number of carbonyl (C=O) groups is 4. The number of hydrogen-bond acceptors (Lipinski definition) is 6. The lowest BCUT2D eigenvalue weighted by atomic mass is 10.1. The van der Waals surface area contributed by atoms with Gasteiger partial charge in [-0.3, -0.25) is 40.9 Å². The van der Waals surface area contributed by atoms with Crippen molar-refractivity contribution in [1.82, 2.24) is 21.7 Å². The normalized spacial score (nSPS) is 10.6. The molecule has 4 rings (SSSR count). The lowest BCUT2D eigenvalue weighted by Crippen LogP contribution is -2.44. The highest BCUT2D eigenvalue weighted by Crippen LogP contribution is 2.34. The molecule has 0 aromatic heterocycles. The molecule has 0 unspecified atom stereocenters. The van der Waals surface area contributed by atoms with Gasteiger partial charge in [-0.25, -0.2) is 0 Å². The van der Waals surface area contributed by atoms with E-state index in [9.17, 15) is 19.2 Å². The Kier molecular flexibility index (Phi) is 11.1. The van der Waals surface area contributed by atoms with Crippen LogP contribution in [0.1, 0.15) is 25.7 Å². The van der Waals surface area contributed by atoms with Gasteiger partial charge in [-0.2, -0.15) is 0 Å². The van der Waals surface area contributed by atoms with E-state index in [1.54, 1.807) is 12.1 Å². The zero-order valence-corrected chi connectivity index (χ0v) is 25.5. The molecule has 10 nitrogen and oxygen atoms in total. The van der Waals surface area contributed by atoms with Crippen molar-refractivity contribution in [2.75, 3.05) is 13.2 Å². The summed E-state index contributed by atoms with van der Waals surface area (Å²) in [7, 11) is 0. The molecule has 4 aromatic rings. The second kappa shape index (κ2) is 15.2. The molecule has 0 aliphatic carbocycles. The van der Waals surface area contributed by atoms with Crippen LogP contribution < -0.4 is 31.2 Å². The van der Waals surface area contributed by atoms with Gasteiger partial charge in [-0.05, 0) is 78.4 Å². The highest BCUT2D eigenvalue weighted by molar-refractivity contribution is 9.11. The molecule has 0 aliphatic heterocycles. The van der Waals surface area contributed by atoms with E-state index >= 15 is 0 Å². The second-order valence-corrected chi connectivity index (χ2v) is 10.8. The van der Waals surface area contributed by atoms with Gasteiger partial charge >= 0.3 is 0 Å². The maximum Gasteiger partial charge on any atom is 0.276 e. The first kappa shape index (κ1) is 30.8. The van der Waals surface area contributed by atoms with Crippen LogP contribution in [-0.2, 0) is 19.2 Å². The highest BCUT2D eigenvalue weighted by atomic mass is 79.9. The standard InChI is InChI=1S/C30H28Br2N4O6/c31-29-21-9-3-1-7-19(21)13-15-23(29)41-17-27(39)35-33-25(37)11-5-6-12-26(38)34-36-28(40)18-42-24-16-14-20-8-2-4-10-22(20)30(24)32/h1-4,7-10,13-16H,5-6,11-12,17-18H2,(H,33,37)(H,34,38)(H,35,39)(H,36,40). The summed E-state index contributed by atoms with van der Waals surface area (Å²) < 4.78 is 12.6. The molecule has 42 heavy (non-hydrogen) atoms. The average molecular weight is 700 g/mol. The van der Waals surface area contributed by atoms with E-state index in [0.29, 0.717) is 24.3 Å². The number of fused-ring (bicyclic) bond motifs is 2. The summed E-state index contributed by atoms with van der Waals surface area (Å²) in [6.07, 6.45) is 1.02. The first-order valence-corrected chi connectivity index (χ1v) is 14.7. The fraction of sp³-hybridized carbons (Fsp3) is 0.200. The molecular formula is C30H28Br2N4O6. The van der Waals surface area contributed by atoms with Gasteiger partial charge in [0.05, 0.1) is 8.95 Å². The van der Waals surface area contributed by atoms with Crippen molar-refractivity contribution < 1.29 is 28.7 Å². The molecule has 0 bridgehead atoms. The highest BCUT2D eigenvalue weighted by Gasteiger charge is 2.12. The monoisotopic (exact) mass is 698 g/mol. The van der Waals surface area contributed by atoms with E-state index in [4.69, 9.17) is 9.47 Å². The molecule has 0 saturated heterocycles. The van der Waals surface area contributed by atoms with Gasteiger partial charge in [-0.15, -0.1) is 0 Å². The third-order valence-electron chi connectivity index (χ3n) is 6.11. The van der Waals surface area contributed by atoms with Gasteiger partial charge in [0, 0.05) is 12.8 Å². The van der Waals surface area contributed by atoms with E-state index in [2.05, 4.69) is 53.6 Å². The Morgan fingerprint density at radius 2 is 0.905 bits per heavy atom. The predicted octanol–water partition coefficient (Wildman–Crippen LogP) is 4.83. The van der Waals surface area contributed by atoms with Crippen molar-refractivity contribution in [2.24, 2.45) is 0 Å². The maximum absolute atomic E-state index is 12.1. The first-order chi connectivity index (χ1) is 20.3. The number of hydrazine groups is 2. The lowest BCUT2D eigenvalue weighted by Gasteiger charge is -2.12. The molecule has 218 valence electrons. The summed E-state index contributed by atoms with van der Waals surface area (Å²) in [5, 5.41) is 3.98. The Labute approximate surface area is 258 Å². The number of halogens is 2. The van der Waals surface area contributed by atoms with E-state index in [-0.39, 0.29) is 26.1 Å². The van der Waals surface area contributed by atoms with Crippen LogP contribution in [0, 0.1) is 0 Å².